The van der Waals surface area contributed by atoms with E-state index in [-0.39, 0.29) is 0 Å². The maximum Gasteiger partial charge on any atom is 0.169 e. The Hall–Kier alpha value is -1.66. The Labute approximate surface area is 83.7 Å². The minimum atomic E-state index is 0.490. The molecule has 2 heterocycles. The molecule has 1 aromatic heterocycles. The third-order valence-corrected chi connectivity index (χ3v) is 2.23. The van der Waals surface area contributed by atoms with Crippen LogP contribution in [0.25, 0.3) is 6.08 Å². The van der Waals surface area contributed by atoms with Crippen LogP contribution in [0.2, 0.25) is 0 Å². The monoisotopic (exact) mass is 184 g/mol. The van der Waals surface area contributed by atoms with E-state index in [1.165, 1.54) is 5.56 Å². The van der Waals surface area contributed by atoms with Crippen molar-refractivity contribution >= 4 is 17.8 Å². The van der Waals surface area contributed by atoms with Crippen molar-refractivity contribution in [3.05, 3.63) is 35.5 Å². The van der Waals surface area contributed by atoms with E-state index in [0.717, 1.165) is 11.4 Å². The molecule has 14 heavy (non-hydrogen) atoms. The van der Waals surface area contributed by atoms with E-state index in [1.54, 1.807) is 12.3 Å². The van der Waals surface area contributed by atoms with Crippen molar-refractivity contribution in [3.8, 4) is 0 Å². The van der Waals surface area contributed by atoms with Crippen LogP contribution >= 0.6 is 0 Å². The standard InChI is InChI=1S/C12H12N2/c1-9(2)10-6-8-14-12-11(10)5-3-4-7-13-12/h3-6,8-9H,1-2H3. The van der Waals surface area contributed by atoms with Gasteiger partial charge in [0.25, 0.3) is 0 Å². The normalized spacial score (nSPS) is 13.1. The highest BCUT2D eigenvalue weighted by Gasteiger charge is 2.09. The molecule has 1 aliphatic heterocycles. The highest BCUT2D eigenvalue weighted by atomic mass is 14.9. The summed E-state index contributed by atoms with van der Waals surface area (Å²) in [5.74, 6) is 4.08. The number of fused-ring (bicyclic) bond motifs is 1. The van der Waals surface area contributed by atoms with Gasteiger partial charge in [-0.1, -0.05) is 26.0 Å². The van der Waals surface area contributed by atoms with Crippen LogP contribution in [0.1, 0.15) is 30.9 Å². The third-order valence-electron chi connectivity index (χ3n) is 2.23. The first-order valence-corrected chi connectivity index (χ1v) is 4.74. The van der Waals surface area contributed by atoms with Crippen molar-refractivity contribution < 1.29 is 0 Å². The highest BCUT2D eigenvalue weighted by molar-refractivity contribution is 5.74. The van der Waals surface area contributed by atoms with Crippen molar-refractivity contribution in [3.63, 3.8) is 0 Å². The van der Waals surface area contributed by atoms with Crippen LogP contribution in [0, 0.1) is 0 Å². The highest BCUT2D eigenvalue weighted by Crippen LogP contribution is 2.27. The summed E-state index contributed by atoms with van der Waals surface area (Å²) in [7, 11) is 0. The number of aromatic nitrogens is 1. The molecule has 0 atom stereocenters. The van der Waals surface area contributed by atoms with Gasteiger partial charge in [0, 0.05) is 11.8 Å². The Balaban J connectivity index is 2.64. The minimum absolute atomic E-state index is 0.490. The zero-order valence-corrected chi connectivity index (χ0v) is 8.36. The summed E-state index contributed by atoms with van der Waals surface area (Å²) in [4.78, 5) is 8.37. The molecule has 0 unspecified atom stereocenters. The van der Waals surface area contributed by atoms with Gasteiger partial charge in [0.1, 0.15) is 0 Å². The van der Waals surface area contributed by atoms with Crippen molar-refractivity contribution in [2.24, 2.45) is 4.99 Å². The molecular weight excluding hydrogens is 172 g/mol. The van der Waals surface area contributed by atoms with Gasteiger partial charge in [0.2, 0.25) is 0 Å². The summed E-state index contributed by atoms with van der Waals surface area (Å²) in [5, 5.41) is 0. The smallest absolute Gasteiger partial charge is 0.169 e. The van der Waals surface area contributed by atoms with Crippen molar-refractivity contribution in [2.75, 3.05) is 0 Å². The molecule has 0 N–H and O–H groups in total. The molecule has 0 spiro atoms. The van der Waals surface area contributed by atoms with Gasteiger partial charge in [-0.15, -0.1) is 0 Å². The molecule has 0 fully saturated rings. The molecule has 0 saturated heterocycles. The van der Waals surface area contributed by atoms with Crippen LogP contribution in [-0.2, 0) is 0 Å². The molecule has 2 heteroatoms. The lowest BCUT2D eigenvalue weighted by Gasteiger charge is -2.10. The fraction of sp³-hybridized carbons (Fsp3) is 0.250. The van der Waals surface area contributed by atoms with Gasteiger partial charge in [-0.3, -0.25) is 0 Å². The fourth-order valence-electron chi connectivity index (χ4n) is 1.53. The van der Waals surface area contributed by atoms with Crippen molar-refractivity contribution in [2.45, 2.75) is 19.8 Å². The second kappa shape index (κ2) is 3.60. The lowest BCUT2D eigenvalue weighted by atomic mass is 9.98. The van der Waals surface area contributed by atoms with E-state index >= 15 is 0 Å². The van der Waals surface area contributed by atoms with Gasteiger partial charge in [-0.05, 0) is 29.5 Å². The molecule has 1 aromatic rings. The number of hydrogen-bond acceptors (Lipinski definition) is 2. The van der Waals surface area contributed by atoms with Gasteiger partial charge in [-0.2, -0.15) is 4.99 Å². The second-order valence-electron chi connectivity index (χ2n) is 3.56. The molecule has 0 amide bonds. The summed E-state index contributed by atoms with van der Waals surface area (Å²) < 4.78 is 0. The number of pyridine rings is 1. The van der Waals surface area contributed by atoms with Crippen molar-refractivity contribution in [1.29, 1.82) is 0 Å². The Morgan fingerprint density at radius 3 is 3.00 bits per heavy atom. The van der Waals surface area contributed by atoms with E-state index < -0.39 is 0 Å². The van der Waals surface area contributed by atoms with E-state index in [2.05, 4.69) is 35.8 Å². The lowest BCUT2D eigenvalue weighted by Crippen LogP contribution is -1.93. The maximum atomic E-state index is 4.22. The zero-order valence-electron chi connectivity index (χ0n) is 8.36. The summed E-state index contributed by atoms with van der Waals surface area (Å²) in [6.45, 7) is 4.34. The van der Waals surface area contributed by atoms with Crippen LogP contribution in [0.15, 0.2) is 29.4 Å². The predicted molar refractivity (Wildman–Crippen MR) is 59.0 cm³/mol. The fourth-order valence-corrected chi connectivity index (χ4v) is 1.53. The number of aliphatic imine (C=N–C) groups is 1. The van der Waals surface area contributed by atoms with Gasteiger partial charge in [0.05, 0.1) is 0 Å². The molecule has 0 aromatic carbocycles. The Morgan fingerprint density at radius 1 is 1.36 bits per heavy atom. The molecular formula is C12H12N2. The summed E-state index contributed by atoms with van der Waals surface area (Å²) in [5.41, 5.74) is 2.40. The van der Waals surface area contributed by atoms with Gasteiger partial charge < -0.3 is 0 Å². The Bertz CT molecular complexity index is 436. The summed E-state index contributed by atoms with van der Waals surface area (Å²) in [6, 6.07) is 2.05. The van der Waals surface area contributed by atoms with E-state index in [1.807, 2.05) is 12.2 Å². The first-order chi connectivity index (χ1) is 6.79. The lowest BCUT2D eigenvalue weighted by molar-refractivity contribution is 0.860. The van der Waals surface area contributed by atoms with Crippen LogP contribution in [0.4, 0.5) is 5.82 Å². The topological polar surface area (TPSA) is 25.2 Å². The summed E-state index contributed by atoms with van der Waals surface area (Å²) in [6.07, 6.45) is 7.59. The first kappa shape index (κ1) is 8.92. The average Bonchev–Trinajstić information content (AvgIpc) is 2.41. The molecule has 1 aliphatic rings. The van der Waals surface area contributed by atoms with Crippen LogP contribution in [0.3, 0.4) is 0 Å². The Morgan fingerprint density at radius 2 is 2.21 bits per heavy atom. The Kier molecular flexibility index (Phi) is 2.30. The van der Waals surface area contributed by atoms with Gasteiger partial charge in [-0.25, -0.2) is 4.98 Å². The SMILES string of the molecule is CC(C)c1ccnc2c1C=CC=C=N2. The van der Waals surface area contributed by atoms with Gasteiger partial charge >= 0.3 is 0 Å². The summed E-state index contributed by atoms with van der Waals surface area (Å²) >= 11 is 0. The molecule has 70 valence electrons. The zero-order chi connectivity index (χ0) is 9.97. The molecule has 0 saturated carbocycles. The molecule has 2 rings (SSSR count). The van der Waals surface area contributed by atoms with E-state index in [9.17, 15) is 0 Å². The number of nitrogens with zero attached hydrogens (tertiary/aromatic N) is 2. The van der Waals surface area contributed by atoms with E-state index in [4.69, 9.17) is 0 Å². The van der Waals surface area contributed by atoms with E-state index in [0.29, 0.717) is 5.92 Å². The molecule has 2 nitrogen and oxygen atoms in total. The minimum Gasteiger partial charge on any atom is -0.236 e. The molecule has 0 aliphatic carbocycles. The maximum absolute atomic E-state index is 4.22. The second-order valence-corrected chi connectivity index (χ2v) is 3.56. The van der Waals surface area contributed by atoms with Crippen LogP contribution < -0.4 is 0 Å². The quantitative estimate of drug-likeness (QED) is 0.658. The molecule has 0 radical (unpaired) electrons. The largest absolute Gasteiger partial charge is 0.236 e. The van der Waals surface area contributed by atoms with Gasteiger partial charge in [0.15, 0.2) is 5.82 Å². The number of rotatable bonds is 1. The number of hydrogen-bond donors (Lipinski definition) is 0. The van der Waals surface area contributed by atoms with Crippen LogP contribution in [-0.4, -0.2) is 10.9 Å². The van der Waals surface area contributed by atoms with Crippen LogP contribution in [0.5, 0.6) is 0 Å². The van der Waals surface area contributed by atoms with Crippen molar-refractivity contribution in [1.82, 2.24) is 4.98 Å². The average molecular weight is 184 g/mol. The number of allylic oxidation sites excluding steroid dienone is 2. The third kappa shape index (κ3) is 1.52. The predicted octanol–water partition coefficient (Wildman–Crippen LogP) is 3.09. The molecule has 0 bridgehead atoms. The first-order valence-electron chi connectivity index (χ1n) is 4.74.